The topological polar surface area (TPSA) is 131 Å². The van der Waals surface area contributed by atoms with E-state index in [0.29, 0.717) is 23.2 Å². The number of ketones is 1. The Hall–Kier alpha value is -3.69. The molecule has 0 saturated heterocycles. The maximum atomic E-state index is 13.7. The Labute approximate surface area is 229 Å². The normalized spacial score (nSPS) is 12.7. The minimum absolute atomic E-state index is 0.0218. The number of hydrogen-bond acceptors (Lipinski definition) is 5. The maximum Gasteiger partial charge on any atom is 0.238 e. The predicted octanol–water partition coefficient (Wildman–Crippen LogP) is 4.80. The van der Waals surface area contributed by atoms with Crippen LogP contribution in [0.15, 0.2) is 65.6 Å². The van der Waals surface area contributed by atoms with Gasteiger partial charge in [-0.05, 0) is 52.8 Å². The zero-order chi connectivity index (χ0) is 28.9. The number of rotatable bonds is 6. The van der Waals surface area contributed by atoms with E-state index in [0.717, 1.165) is 16.6 Å². The summed E-state index contributed by atoms with van der Waals surface area (Å²) in [5.41, 5.74) is 3.62. The number of nitrogens with two attached hydrogens (primary N) is 1. The van der Waals surface area contributed by atoms with E-state index in [2.05, 4.69) is 0 Å². The van der Waals surface area contributed by atoms with Gasteiger partial charge in [0.2, 0.25) is 15.6 Å². The third-order valence-corrected chi connectivity index (χ3v) is 7.85. The zero-order valence-corrected chi connectivity index (χ0v) is 24.1. The first-order valence-electron chi connectivity index (χ1n) is 12.7. The van der Waals surface area contributed by atoms with E-state index in [1.54, 1.807) is 33.4 Å². The summed E-state index contributed by atoms with van der Waals surface area (Å²) in [5.74, 6) is 0.0512. The van der Waals surface area contributed by atoms with E-state index in [1.165, 1.54) is 12.1 Å². The number of aromatic hydroxyl groups is 1. The van der Waals surface area contributed by atoms with Crippen LogP contribution in [-0.2, 0) is 33.9 Å². The van der Waals surface area contributed by atoms with Crippen LogP contribution in [0.4, 0.5) is 0 Å². The number of nitrogens with zero attached hydrogens (tertiary/aromatic N) is 2. The molecule has 0 aliphatic carbocycles. The Morgan fingerprint density at radius 3 is 1.82 bits per heavy atom. The predicted molar refractivity (Wildman–Crippen MR) is 153 cm³/mol. The average Bonchev–Trinajstić information content (AvgIpc) is 3.08. The van der Waals surface area contributed by atoms with Crippen LogP contribution in [0.5, 0.6) is 5.75 Å². The van der Waals surface area contributed by atoms with E-state index in [1.807, 2.05) is 65.8 Å². The largest absolute Gasteiger partial charge is 0.507 e. The molecule has 1 heterocycles. The van der Waals surface area contributed by atoms with Crippen molar-refractivity contribution in [1.29, 1.82) is 5.41 Å². The zero-order valence-electron chi connectivity index (χ0n) is 23.2. The molecule has 4 aromatic rings. The fourth-order valence-corrected chi connectivity index (χ4v) is 5.27. The number of carbonyl (C=O) groups excluding carboxylic acids is 1. The summed E-state index contributed by atoms with van der Waals surface area (Å²) in [6.07, 6.45) is 0. The fourth-order valence-electron chi connectivity index (χ4n) is 4.76. The molecular weight excluding hydrogens is 512 g/mol. The van der Waals surface area contributed by atoms with E-state index >= 15 is 0 Å². The summed E-state index contributed by atoms with van der Waals surface area (Å²) >= 11 is 0. The van der Waals surface area contributed by atoms with Crippen LogP contribution in [0.3, 0.4) is 0 Å². The highest BCUT2D eigenvalue weighted by Gasteiger charge is 2.28. The molecule has 0 bridgehead atoms. The number of primary sulfonamides is 1. The summed E-state index contributed by atoms with van der Waals surface area (Å²) in [5, 5.41) is 25.2. The number of hydrogen-bond donors (Lipinski definition) is 3. The third-order valence-electron chi connectivity index (χ3n) is 6.92. The van der Waals surface area contributed by atoms with Gasteiger partial charge in [-0.3, -0.25) is 10.2 Å². The van der Waals surface area contributed by atoms with Crippen molar-refractivity contribution in [2.24, 2.45) is 5.14 Å². The molecule has 0 saturated carbocycles. The fraction of sp³-hybridized carbons (Fsp3) is 0.333. The minimum Gasteiger partial charge on any atom is -0.507 e. The quantitative estimate of drug-likeness (QED) is 0.299. The lowest BCUT2D eigenvalue weighted by molar-refractivity contribution is 0.0971. The number of Topliss-reactive ketones (excluding diaryl/α,β-unsaturated/α-hetero) is 1. The van der Waals surface area contributed by atoms with Crippen molar-refractivity contribution in [3.05, 3.63) is 88.5 Å². The lowest BCUT2D eigenvalue weighted by Crippen LogP contribution is -2.28. The molecule has 0 atom stereocenters. The van der Waals surface area contributed by atoms with Gasteiger partial charge in [0.25, 0.3) is 0 Å². The van der Waals surface area contributed by atoms with E-state index in [4.69, 9.17) is 10.5 Å². The Kier molecular flexibility index (Phi) is 7.12. The lowest BCUT2D eigenvalue weighted by Gasteiger charge is -2.28. The van der Waals surface area contributed by atoms with Crippen molar-refractivity contribution >= 4 is 26.8 Å². The van der Waals surface area contributed by atoms with Crippen LogP contribution in [-0.4, -0.2) is 28.4 Å². The molecule has 0 amide bonds. The van der Waals surface area contributed by atoms with Gasteiger partial charge in [-0.1, -0.05) is 65.8 Å². The highest BCUT2D eigenvalue weighted by molar-refractivity contribution is 7.89. The van der Waals surface area contributed by atoms with Crippen LogP contribution in [0.25, 0.3) is 11.0 Å². The number of benzene rings is 3. The Morgan fingerprint density at radius 1 is 0.872 bits per heavy atom. The average molecular weight is 549 g/mol. The number of aromatic nitrogens is 2. The molecule has 206 valence electrons. The summed E-state index contributed by atoms with van der Waals surface area (Å²) in [4.78, 5) is 13.7. The third kappa shape index (κ3) is 5.69. The van der Waals surface area contributed by atoms with Crippen molar-refractivity contribution in [2.45, 2.75) is 70.4 Å². The first-order valence-corrected chi connectivity index (χ1v) is 14.3. The van der Waals surface area contributed by atoms with Gasteiger partial charge in [0.1, 0.15) is 5.75 Å². The van der Waals surface area contributed by atoms with E-state index < -0.39 is 10.0 Å². The van der Waals surface area contributed by atoms with Crippen molar-refractivity contribution in [3.8, 4) is 5.75 Å². The summed E-state index contributed by atoms with van der Waals surface area (Å²) in [7, 11) is -3.80. The molecule has 0 aliphatic rings. The van der Waals surface area contributed by atoms with Crippen LogP contribution < -0.4 is 10.8 Å². The molecule has 0 aliphatic heterocycles. The van der Waals surface area contributed by atoms with Crippen molar-refractivity contribution in [1.82, 2.24) is 9.13 Å². The minimum atomic E-state index is -3.80. The molecule has 3 aromatic carbocycles. The number of fused-ring (bicyclic) bond motifs is 1. The van der Waals surface area contributed by atoms with Crippen molar-refractivity contribution in [2.75, 3.05) is 0 Å². The molecule has 0 spiro atoms. The highest BCUT2D eigenvalue weighted by Crippen LogP contribution is 2.40. The number of imidazole rings is 1. The van der Waals surface area contributed by atoms with Gasteiger partial charge in [0.05, 0.1) is 29.0 Å². The first-order chi connectivity index (χ1) is 18.0. The van der Waals surface area contributed by atoms with Crippen LogP contribution >= 0.6 is 0 Å². The van der Waals surface area contributed by atoms with E-state index in [9.17, 15) is 18.3 Å². The summed E-state index contributed by atoms with van der Waals surface area (Å²) < 4.78 is 26.7. The Morgan fingerprint density at radius 2 is 1.36 bits per heavy atom. The molecule has 39 heavy (non-hydrogen) atoms. The van der Waals surface area contributed by atoms with Crippen LogP contribution in [0.2, 0.25) is 0 Å². The SMILES string of the molecule is CC(C)(C)c1cc(C(=O)Cn2c(=N)n(Cc3ccc(S(N)(=O)=O)cc3)c3ccccc32)cc(C(C)(C)C)c1O. The van der Waals surface area contributed by atoms with Gasteiger partial charge in [-0.25, -0.2) is 13.6 Å². The van der Waals surface area contributed by atoms with Crippen LogP contribution in [0.1, 0.15) is 68.6 Å². The standard InChI is InChI=1S/C30H36N4O4S/c1-29(2,3)22-15-20(16-23(27(22)36)30(4,5)6)26(35)18-34-25-10-8-7-9-24(25)33(28(34)31)17-19-11-13-21(14-12-19)39(32,37)38/h7-16,31,36H,17-18H2,1-6H3,(H2,32,37,38). The molecule has 0 radical (unpaired) electrons. The molecule has 1 aromatic heterocycles. The van der Waals surface area contributed by atoms with Gasteiger partial charge in [-0.2, -0.15) is 0 Å². The number of carbonyl (C=O) groups is 1. The Bertz CT molecular complexity index is 1700. The lowest BCUT2D eigenvalue weighted by atomic mass is 9.78. The van der Waals surface area contributed by atoms with Gasteiger partial charge < -0.3 is 14.2 Å². The number of phenolic OH excluding ortho intramolecular Hbond substituents is 1. The summed E-state index contributed by atoms with van der Waals surface area (Å²) in [6, 6.07) is 17.3. The van der Waals surface area contributed by atoms with Gasteiger partial charge in [-0.15, -0.1) is 0 Å². The second kappa shape index (κ2) is 9.81. The second-order valence-corrected chi connectivity index (χ2v) is 13.6. The molecule has 8 nitrogen and oxygen atoms in total. The molecule has 4 rings (SSSR count). The van der Waals surface area contributed by atoms with E-state index in [-0.39, 0.29) is 39.4 Å². The first kappa shape index (κ1) is 28.3. The maximum absolute atomic E-state index is 13.7. The Balaban J connectivity index is 1.77. The molecule has 4 N–H and O–H groups in total. The molecule has 0 unspecified atom stereocenters. The second-order valence-electron chi connectivity index (χ2n) is 12.0. The molecule has 9 heteroatoms. The monoisotopic (exact) mass is 548 g/mol. The van der Waals surface area contributed by atoms with Gasteiger partial charge in [0.15, 0.2) is 5.78 Å². The number of para-hydroxylation sites is 2. The highest BCUT2D eigenvalue weighted by atomic mass is 32.2. The number of phenols is 1. The summed E-state index contributed by atoms with van der Waals surface area (Å²) in [6.45, 7) is 12.3. The molecule has 0 fully saturated rings. The van der Waals surface area contributed by atoms with Gasteiger partial charge in [0, 0.05) is 16.7 Å². The van der Waals surface area contributed by atoms with Gasteiger partial charge >= 0.3 is 0 Å². The number of sulfonamides is 1. The smallest absolute Gasteiger partial charge is 0.238 e. The number of nitrogens with one attached hydrogen (secondary N) is 1. The van der Waals surface area contributed by atoms with Crippen LogP contribution in [0, 0.1) is 5.41 Å². The van der Waals surface area contributed by atoms with Crippen molar-refractivity contribution in [3.63, 3.8) is 0 Å². The van der Waals surface area contributed by atoms with Crippen molar-refractivity contribution < 1.29 is 18.3 Å². The molecular formula is C30H36N4O4S.